The smallest absolute Gasteiger partial charge is 0.147 e. The summed E-state index contributed by atoms with van der Waals surface area (Å²) in [4.78, 5) is 0. The van der Waals surface area contributed by atoms with Gasteiger partial charge in [-0.15, -0.1) is 10.2 Å². The van der Waals surface area contributed by atoms with Gasteiger partial charge in [0, 0.05) is 24.6 Å². The van der Waals surface area contributed by atoms with E-state index >= 15 is 0 Å². The van der Waals surface area contributed by atoms with E-state index in [1.807, 2.05) is 32.0 Å². The van der Waals surface area contributed by atoms with Gasteiger partial charge in [0.15, 0.2) is 0 Å². The van der Waals surface area contributed by atoms with Gasteiger partial charge >= 0.3 is 0 Å². The number of aromatic nitrogens is 2. The average Bonchev–Trinajstić information content (AvgIpc) is 3.14. The second-order valence-electron chi connectivity index (χ2n) is 5.67. The number of ether oxygens (including phenoxy) is 1. The normalized spacial score (nSPS) is 14.6. The first-order chi connectivity index (χ1) is 10.2. The predicted molar refractivity (Wildman–Crippen MR) is 85.8 cm³/mol. The van der Waals surface area contributed by atoms with E-state index in [9.17, 15) is 0 Å². The molecule has 0 unspecified atom stereocenters. The van der Waals surface area contributed by atoms with Gasteiger partial charge in [-0.25, -0.2) is 0 Å². The first kappa shape index (κ1) is 14.5. The third-order valence-corrected chi connectivity index (χ3v) is 4.30. The molecule has 1 saturated carbocycles. The van der Waals surface area contributed by atoms with Crippen LogP contribution in [0.2, 0.25) is 0 Å². The Balaban J connectivity index is 1.64. The van der Waals surface area contributed by atoms with Gasteiger partial charge < -0.3 is 10.1 Å². The molecule has 0 atom stereocenters. The van der Waals surface area contributed by atoms with E-state index in [0.29, 0.717) is 0 Å². The molecule has 1 heterocycles. The number of hydrogen-bond acceptors (Lipinski definition) is 5. The van der Waals surface area contributed by atoms with E-state index in [-0.39, 0.29) is 6.10 Å². The van der Waals surface area contributed by atoms with Gasteiger partial charge in [0.05, 0.1) is 6.10 Å². The van der Waals surface area contributed by atoms with Crippen molar-refractivity contribution >= 4 is 11.3 Å². The molecule has 1 fully saturated rings. The molecule has 4 nitrogen and oxygen atoms in total. The zero-order chi connectivity index (χ0) is 14.7. The molecule has 21 heavy (non-hydrogen) atoms. The van der Waals surface area contributed by atoms with Gasteiger partial charge in [-0.2, -0.15) is 0 Å². The molecule has 1 aliphatic carbocycles. The average molecular weight is 303 g/mol. The number of nitrogens with one attached hydrogen (secondary N) is 1. The van der Waals surface area contributed by atoms with Gasteiger partial charge in [0.25, 0.3) is 0 Å². The molecule has 5 heteroatoms. The van der Waals surface area contributed by atoms with Crippen LogP contribution in [0, 0.1) is 0 Å². The molecule has 1 N–H and O–H groups in total. The lowest BCUT2D eigenvalue weighted by Crippen LogP contribution is -2.19. The fourth-order valence-corrected chi connectivity index (χ4v) is 2.95. The van der Waals surface area contributed by atoms with Crippen LogP contribution >= 0.6 is 11.3 Å². The van der Waals surface area contributed by atoms with E-state index in [1.165, 1.54) is 12.8 Å². The van der Waals surface area contributed by atoms with Crippen LogP contribution in [0.5, 0.6) is 5.75 Å². The Labute approximate surface area is 129 Å². The van der Waals surface area contributed by atoms with Gasteiger partial charge in [0.2, 0.25) is 0 Å². The third kappa shape index (κ3) is 4.25. The molecule has 0 radical (unpaired) electrons. The van der Waals surface area contributed by atoms with Crippen LogP contribution in [0.25, 0.3) is 10.6 Å². The van der Waals surface area contributed by atoms with Gasteiger partial charge in [-0.3, -0.25) is 0 Å². The fourth-order valence-electron chi connectivity index (χ4n) is 2.12. The summed E-state index contributed by atoms with van der Waals surface area (Å²) in [7, 11) is 0. The van der Waals surface area contributed by atoms with Crippen LogP contribution < -0.4 is 10.1 Å². The Morgan fingerprint density at radius 3 is 2.95 bits per heavy atom. The molecule has 1 aliphatic rings. The molecule has 2 aromatic rings. The largest absolute Gasteiger partial charge is 0.491 e. The molecule has 0 aliphatic heterocycles. The minimum Gasteiger partial charge on any atom is -0.491 e. The first-order valence-corrected chi connectivity index (χ1v) is 8.35. The molecule has 0 spiro atoms. The highest BCUT2D eigenvalue weighted by atomic mass is 32.1. The Morgan fingerprint density at radius 2 is 2.19 bits per heavy atom. The number of nitrogens with zero attached hydrogens (tertiary/aromatic N) is 2. The minimum absolute atomic E-state index is 0.179. The van der Waals surface area contributed by atoms with Crippen molar-refractivity contribution in [2.45, 2.75) is 45.3 Å². The minimum atomic E-state index is 0.179. The molecular formula is C16H21N3OS. The maximum absolute atomic E-state index is 5.73. The summed E-state index contributed by atoms with van der Waals surface area (Å²) in [5.41, 5.74) is 1.08. The van der Waals surface area contributed by atoms with Crippen LogP contribution in [0.3, 0.4) is 0 Å². The second kappa shape index (κ2) is 6.54. The zero-order valence-corrected chi connectivity index (χ0v) is 13.3. The molecule has 1 aromatic carbocycles. The van der Waals surface area contributed by atoms with Crippen LogP contribution in [-0.4, -0.2) is 28.9 Å². The monoisotopic (exact) mass is 303 g/mol. The topological polar surface area (TPSA) is 47.0 Å². The summed E-state index contributed by atoms with van der Waals surface area (Å²) in [5, 5.41) is 14.2. The summed E-state index contributed by atoms with van der Waals surface area (Å²) < 4.78 is 5.73. The lowest BCUT2D eigenvalue weighted by atomic mass is 10.2. The van der Waals surface area contributed by atoms with Gasteiger partial charge in [0.1, 0.15) is 15.8 Å². The van der Waals surface area contributed by atoms with Crippen molar-refractivity contribution in [2.75, 3.05) is 6.54 Å². The Morgan fingerprint density at radius 1 is 1.33 bits per heavy atom. The van der Waals surface area contributed by atoms with Crippen molar-refractivity contribution in [3.63, 3.8) is 0 Å². The van der Waals surface area contributed by atoms with Crippen molar-refractivity contribution in [1.82, 2.24) is 15.5 Å². The summed E-state index contributed by atoms with van der Waals surface area (Å²) in [5.74, 6) is 0.884. The molecule has 3 rings (SSSR count). The summed E-state index contributed by atoms with van der Waals surface area (Å²) in [6, 6.07) is 8.82. The van der Waals surface area contributed by atoms with Crippen LogP contribution in [0.4, 0.5) is 0 Å². The SMILES string of the molecule is CC(C)Oc1cccc(-c2nnc(CCNC3CC3)s2)c1. The number of hydrogen-bond donors (Lipinski definition) is 1. The van der Waals surface area contributed by atoms with Crippen molar-refractivity contribution in [1.29, 1.82) is 0 Å². The summed E-state index contributed by atoms with van der Waals surface area (Å²) in [6.45, 7) is 5.06. The van der Waals surface area contributed by atoms with Crippen molar-refractivity contribution in [3.05, 3.63) is 29.3 Å². The molecule has 0 bridgehead atoms. The Hall–Kier alpha value is -1.46. The van der Waals surface area contributed by atoms with E-state index < -0.39 is 0 Å². The second-order valence-corrected chi connectivity index (χ2v) is 6.74. The van der Waals surface area contributed by atoms with Crippen LogP contribution in [0.1, 0.15) is 31.7 Å². The summed E-state index contributed by atoms with van der Waals surface area (Å²) >= 11 is 1.67. The van der Waals surface area contributed by atoms with E-state index in [0.717, 1.165) is 40.3 Å². The molecule has 1 aromatic heterocycles. The zero-order valence-electron chi connectivity index (χ0n) is 12.5. The first-order valence-electron chi connectivity index (χ1n) is 7.53. The number of benzene rings is 1. The van der Waals surface area contributed by atoms with Crippen molar-refractivity contribution < 1.29 is 4.74 Å². The van der Waals surface area contributed by atoms with Gasteiger partial charge in [-0.1, -0.05) is 23.5 Å². The lowest BCUT2D eigenvalue weighted by Gasteiger charge is -2.09. The summed E-state index contributed by atoms with van der Waals surface area (Å²) in [6.07, 6.45) is 3.78. The van der Waals surface area contributed by atoms with Crippen molar-refractivity contribution in [3.8, 4) is 16.3 Å². The third-order valence-electron chi connectivity index (χ3n) is 3.27. The van der Waals surface area contributed by atoms with E-state index in [1.54, 1.807) is 11.3 Å². The lowest BCUT2D eigenvalue weighted by molar-refractivity contribution is 0.242. The predicted octanol–water partition coefficient (Wildman–Crippen LogP) is 3.29. The molecule has 0 amide bonds. The molecule has 112 valence electrons. The highest BCUT2D eigenvalue weighted by Gasteiger charge is 2.20. The number of rotatable bonds is 7. The highest BCUT2D eigenvalue weighted by Crippen LogP contribution is 2.27. The van der Waals surface area contributed by atoms with E-state index in [2.05, 4.69) is 21.6 Å². The Kier molecular flexibility index (Phi) is 4.51. The maximum Gasteiger partial charge on any atom is 0.147 e. The fraction of sp³-hybridized carbons (Fsp3) is 0.500. The van der Waals surface area contributed by atoms with Gasteiger partial charge in [-0.05, 0) is 38.8 Å². The van der Waals surface area contributed by atoms with Crippen LogP contribution in [-0.2, 0) is 6.42 Å². The molecular weight excluding hydrogens is 282 g/mol. The maximum atomic E-state index is 5.73. The van der Waals surface area contributed by atoms with Crippen molar-refractivity contribution in [2.24, 2.45) is 0 Å². The quantitative estimate of drug-likeness (QED) is 0.852. The Bertz CT molecular complexity index is 593. The van der Waals surface area contributed by atoms with E-state index in [4.69, 9.17) is 4.74 Å². The highest BCUT2D eigenvalue weighted by molar-refractivity contribution is 7.14. The standard InChI is InChI=1S/C16H21N3OS/c1-11(2)20-14-5-3-4-12(10-14)16-19-18-15(21-16)8-9-17-13-6-7-13/h3-5,10-11,13,17H,6-9H2,1-2H3. The molecule has 0 saturated heterocycles. The van der Waals surface area contributed by atoms with Crippen LogP contribution in [0.15, 0.2) is 24.3 Å².